The van der Waals surface area contributed by atoms with Crippen LogP contribution < -0.4 is 15.4 Å². The lowest BCUT2D eigenvalue weighted by atomic mass is 9.90. The molecule has 2 rings (SSSR count). The second-order valence-electron chi connectivity index (χ2n) is 6.13. The van der Waals surface area contributed by atoms with Crippen LogP contribution in [0.5, 0.6) is 5.75 Å². The maximum atomic E-state index is 12.2. The van der Waals surface area contributed by atoms with E-state index in [-0.39, 0.29) is 12.2 Å². The number of rotatable bonds is 7. The van der Waals surface area contributed by atoms with E-state index < -0.39 is 29.5 Å². The Morgan fingerprint density at radius 2 is 1.59 bits per heavy atom. The molecule has 1 unspecified atom stereocenters. The highest BCUT2D eigenvalue weighted by atomic mass is 19.4. The van der Waals surface area contributed by atoms with Gasteiger partial charge in [-0.15, -0.1) is 13.2 Å². The largest absolute Gasteiger partial charge is 0.573 e. The topological polar surface area (TPSA) is 76.7 Å². The molecule has 0 aromatic heterocycles. The van der Waals surface area contributed by atoms with Gasteiger partial charge in [-0.05, 0) is 36.2 Å². The van der Waals surface area contributed by atoms with Gasteiger partial charge in [-0.2, -0.15) is 0 Å². The molecule has 156 valence electrons. The van der Waals surface area contributed by atoms with Gasteiger partial charge in [-0.3, -0.25) is 9.59 Å². The van der Waals surface area contributed by atoms with Gasteiger partial charge < -0.3 is 20.1 Å². The van der Waals surface area contributed by atoms with Crippen molar-refractivity contribution in [2.75, 3.05) is 19.0 Å². The summed E-state index contributed by atoms with van der Waals surface area (Å²) in [4.78, 5) is 24.2. The average molecular weight is 410 g/mol. The van der Waals surface area contributed by atoms with Gasteiger partial charge >= 0.3 is 18.2 Å². The molecule has 0 bridgehead atoms. The molecule has 0 saturated carbocycles. The Morgan fingerprint density at radius 3 is 2.10 bits per heavy atom. The second-order valence-corrected chi connectivity index (χ2v) is 6.13. The lowest BCUT2D eigenvalue weighted by Gasteiger charge is -2.32. The van der Waals surface area contributed by atoms with E-state index in [1.165, 1.54) is 19.2 Å². The fraction of sp³-hybridized carbons (Fsp3) is 0.300. The summed E-state index contributed by atoms with van der Waals surface area (Å²) in [6.07, 6.45) is -4.26. The number of benzene rings is 2. The van der Waals surface area contributed by atoms with Crippen molar-refractivity contribution in [3.63, 3.8) is 0 Å². The summed E-state index contributed by atoms with van der Waals surface area (Å²) >= 11 is 0. The van der Waals surface area contributed by atoms with Crippen LogP contribution in [0, 0.1) is 0 Å². The number of halogens is 3. The molecule has 0 radical (unpaired) electrons. The molecular weight excluding hydrogens is 389 g/mol. The Kier molecular flexibility index (Phi) is 7.22. The summed E-state index contributed by atoms with van der Waals surface area (Å²) in [6, 6.07) is 13.7. The van der Waals surface area contributed by atoms with E-state index in [1.54, 1.807) is 0 Å². The molecule has 2 N–H and O–H groups in total. The summed E-state index contributed by atoms with van der Waals surface area (Å²) in [7, 11) is 1.52. The van der Waals surface area contributed by atoms with E-state index >= 15 is 0 Å². The van der Waals surface area contributed by atoms with Crippen LogP contribution in [0.2, 0.25) is 0 Å². The molecule has 0 aliphatic rings. The molecule has 0 saturated heterocycles. The highest BCUT2D eigenvalue weighted by Gasteiger charge is 2.32. The van der Waals surface area contributed by atoms with Crippen molar-refractivity contribution in [2.24, 2.45) is 0 Å². The van der Waals surface area contributed by atoms with Crippen LogP contribution in [-0.2, 0) is 19.9 Å². The Morgan fingerprint density at radius 1 is 0.966 bits per heavy atom. The van der Waals surface area contributed by atoms with Crippen LogP contribution in [0.4, 0.5) is 18.9 Å². The predicted molar refractivity (Wildman–Crippen MR) is 100 cm³/mol. The van der Waals surface area contributed by atoms with Crippen LogP contribution in [0.25, 0.3) is 0 Å². The van der Waals surface area contributed by atoms with Crippen molar-refractivity contribution in [2.45, 2.75) is 25.3 Å². The van der Waals surface area contributed by atoms with Crippen molar-refractivity contribution in [1.29, 1.82) is 0 Å². The summed E-state index contributed by atoms with van der Waals surface area (Å²) in [5, 5.41) is 4.85. The third-order valence-corrected chi connectivity index (χ3v) is 4.35. The zero-order valence-corrected chi connectivity index (χ0v) is 15.9. The number of carbonyl (C=O) groups is 2. The summed E-state index contributed by atoms with van der Waals surface area (Å²) in [5.74, 6) is -2.29. The van der Waals surface area contributed by atoms with Gasteiger partial charge in [0.2, 0.25) is 0 Å². The second kappa shape index (κ2) is 9.42. The third kappa shape index (κ3) is 6.21. The smallest absolute Gasteiger partial charge is 0.406 e. The number of anilines is 1. The van der Waals surface area contributed by atoms with Gasteiger partial charge in [0.25, 0.3) is 0 Å². The monoisotopic (exact) mass is 410 g/mol. The van der Waals surface area contributed by atoms with Crippen molar-refractivity contribution in [3.8, 4) is 5.75 Å². The van der Waals surface area contributed by atoms with Gasteiger partial charge in [0.15, 0.2) is 0 Å². The first-order chi connectivity index (χ1) is 13.7. The van der Waals surface area contributed by atoms with Crippen molar-refractivity contribution in [3.05, 3.63) is 60.2 Å². The maximum absolute atomic E-state index is 12.2. The number of amides is 2. The van der Waals surface area contributed by atoms with Crippen LogP contribution in [-0.4, -0.2) is 31.8 Å². The lowest BCUT2D eigenvalue weighted by molar-refractivity contribution is -0.274. The molecule has 9 heteroatoms. The van der Waals surface area contributed by atoms with E-state index in [0.717, 1.165) is 17.7 Å². The molecule has 2 aromatic carbocycles. The molecule has 0 heterocycles. The molecule has 0 fully saturated rings. The minimum Gasteiger partial charge on any atom is -0.406 e. The van der Waals surface area contributed by atoms with E-state index in [0.29, 0.717) is 6.42 Å². The molecule has 6 nitrogen and oxygen atoms in total. The Labute approximate surface area is 166 Å². The highest BCUT2D eigenvalue weighted by Crippen LogP contribution is 2.28. The number of alkyl halides is 3. The van der Waals surface area contributed by atoms with Gasteiger partial charge in [0, 0.05) is 12.8 Å². The van der Waals surface area contributed by atoms with Crippen molar-refractivity contribution < 1.29 is 32.2 Å². The normalized spacial score (nSPS) is 13.3. The Bertz CT molecular complexity index is 820. The number of hydrogen-bond acceptors (Lipinski definition) is 4. The van der Waals surface area contributed by atoms with Crippen molar-refractivity contribution in [1.82, 2.24) is 5.32 Å². The van der Waals surface area contributed by atoms with Gasteiger partial charge in [0.05, 0.1) is 6.54 Å². The number of nitrogens with one attached hydrogen (secondary N) is 2. The van der Waals surface area contributed by atoms with Crippen LogP contribution in [0.15, 0.2) is 54.6 Å². The predicted octanol–water partition coefficient (Wildman–Crippen LogP) is 3.59. The van der Waals surface area contributed by atoms with Crippen molar-refractivity contribution >= 4 is 17.5 Å². The third-order valence-electron chi connectivity index (χ3n) is 4.35. The van der Waals surface area contributed by atoms with E-state index in [9.17, 15) is 22.8 Å². The fourth-order valence-corrected chi connectivity index (χ4v) is 2.74. The Hall–Kier alpha value is -3.07. The van der Waals surface area contributed by atoms with E-state index in [4.69, 9.17) is 4.74 Å². The standard InChI is InChI=1S/C20H21F3N2O4/c1-3-19(28-2,14-7-5-4-6-8-14)13-24-17(26)18(27)25-15-9-11-16(12-10-15)29-20(21,22)23/h4-12H,3,13H2,1-2H3,(H,24,26)(H,25,27). The van der Waals surface area contributed by atoms with E-state index in [1.807, 2.05) is 37.3 Å². The number of hydrogen-bond donors (Lipinski definition) is 2. The first kappa shape index (κ1) is 22.2. The van der Waals surface area contributed by atoms with E-state index in [2.05, 4.69) is 15.4 Å². The van der Waals surface area contributed by atoms with Crippen LogP contribution >= 0.6 is 0 Å². The Balaban J connectivity index is 1.97. The summed E-state index contributed by atoms with van der Waals surface area (Å²) < 4.78 is 45.9. The maximum Gasteiger partial charge on any atom is 0.573 e. The summed E-state index contributed by atoms with van der Waals surface area (Å²) in [6.45, 7) is 1.96. The molecule has 0 aliphatic heterocycles. The quantitative estimate of drug-likeness (QED) is 0.684. The fourth-order valence-electron chi connectivity index (χ4n) is 2.74. The zero-order valence-electron chi connectivity index (χ0n) is 15.9. The minimum atomic E-state index is -4.81. The molecule has 2 amide bonds. The molecule has 0 spiro atoms. The molecule has 2 aromatic rings. The van der Waals surface area contributed by atoms with Gasteiger partial charge in [-0.25, -0.2) is 0 Å². The minimum absolute atomic E-state index is 0.0641. The zero-order chi connectivity index (χ0) is 21.5. The SMILES string of the molecule is CCC(CNC(=O)C(=O)Nc1ccc(OC(F)(F)F)cc1)(OC)c1ccccc1. The lowest BCUT2D eigenvalue weighted by Crippen LogP contribution is -2.45. The van der Waals surface area contributed by atoms with Gasteiger partial charge in [0.1, 0.15) is 11.4 Å². The number of carbonyl (C=O) groups excluding carboxylic acids is 2. The number of ether oxygens (including phenoxy) is 2. The number of methoxy groups -OCH3 is 1. The average Bonchev–Trinajstić information content (AvgIpc) is 2.70. The molecular formula is C20H21F3N2O4. The highest BCUT2D eigenvalue weighted by molar-refractivity contribution is 6.39. The first-order valence-electron chi connectivity index (χ1n) is 8.75. The molecule has 0 aliphatic carbocycles. The molecule has 1 atom stereocenters. The molecule has 29 heavy (non-hydrogen) atoms. The van der Waals surface area contributed by atoms with Gasteiger partial charge in [-0.1, -0.05) is 37.3 Å². The van der Waals surface area contributed by atoms with Crippen LogP contribution in [0.3, 0.4) is 0 Å². The van der Waals surface area contributed by atoms with Crippen LogP contribution in [0.1, 0.15) is 18.9 Å². The first-order valence-corrected chi connectivity index (χ1v) is 8.75. The summed E-state index contributed by atoms with van der Waals surface area (Å²) in [5.41, 5.74) is 0.204.